The highest BCUT2D eigenvalue weighted by Gasteiger charge is 2.27. The maximum absolute atomic E-state index is 12.9. The number of nitrogens with zero attached hydrogens (tertiary/aromatic N) is 5. The van der Waals surface area contributed by atoms with Crippen molar-refractivity contribution in [2.75, 3.05) is 56.2 Å². The van der Waals surface area contributed by atoms with E-state index in [-0.39, 0.29) is 22.1 Å². The number of piperidine rings is 1. The fourth-order valence-corrected chi connectivity index (χ4v) is 4.93. The van der Waals surface area contributed by atoms with Crippen molar-refractivity contribution >= 4 is 46.0 Å². The topological polar surface area (TPSA) is 134 Å². The molecule has 0 bridgehead atoms. The zero-order valence-electron chi connectivity index (χ0n) is 20.4. The minimum Gasteiger partial charge on any atom is -0.496 e. The van der Waals surface area contributed by atoms with Crippen LogP contribution in [0.2, 0.25) is 0 Å². The van der Waals surface area contributed by atoms with Crippen molar-refractivity contribution in [3.05, 3.63) is 62.2 Å². The van der Waals surface area contributed by atoms with Gasteiger partial charge in [-0.05, 0) is 55.7 Å². The van der Waals surface area contributed by atoms with Crippen LogP contribution in [0.15, 0.2) is 36.4 Å². The monoisotopic (exact) mass is 528 g/mol. The first-order chi connectivity index (χ1) is 17.8. The summed E-state index contributed by atoms with van der Waals surface area (Å²) in [4.78, 5) is 40.9. The number of ether oxygens (including phenoxy) is 1. The molecule has 2 heterocycles. The molecule has 0 unspecified atom stereocenters. The molecule has 0 saturated carbocycles. The van der Waals surface area contributed by atoms with Crippen molar-refractivity contribution in [3.8, 4) is 5.75 Å². The van der Waals surface area contributed by atoms with E-state index in [1.165, 1.54) is 19.2 Å². The fraction of sp³-hybridized carbons (Fsp3) is 0.417. The van der Waals surface area contributed by atoms with Gasteiger partial charge in [0.15, 0.2) is 5.11 Å². The van der Waals surface area contributed by atoms with Gasteiger partial charge < -0.3 is 19.4 Å². The van der Waals surface area contributed by atoms with E-state index in [4.69, 9.17) is 17.0 Å². The van der Waals surface area contributed by atoms with Crippen LogP contribution in [-0.4, -0.2) is 72.1 Å². The predicted octanol–water partition coefficient (Wildman–Crippen LogP) is 3.34. The van der Waals surface area contributed by atoms with Gasteiger partial charge in [0, 0.05) is 50.9 Å². The third kappa shape index (κ3) is 5.88. The number of hydrogen-bond acceptors (Lipinski definition) is 9. The Morgan fingerprint density at radius 3 is 2.03 bits per heavy atom. The SMILES string of the molecule is COc1ccc(N2CCN(C(=S)NC(=O)c3ccc(N4CCCCC4)c([N+](=O)[O-])c3)CC2)c([N+](=O)[O-])c1. The molecule has 2 aromatic carbocycles. The van der Waals surface area contributed by atoms with Crippen molar-refractivity contribution in [2.24, 2.45) is 0 Å². The summed E-state index contributed by atoms with van der Waals surface area (Å²) in [6, 6.07) is 9.23. The van der Waals surface area contributed by atoms with Gasteiger partial charge in [-0.3, -0.25) is 30.3 Å². The summed E-state index contributed by atoms with van der Waals surface area (Å²) in [6.45, 7) is 3.30. The summed E-state index contributed by atoms with van der Waals surface area (Å²) >= 11 is 5.43. The number of benzene rings is 2. The Kier molecular flexibility index (Phi) is 8.01. The molecule has 2 saturated heterocycles. The summed E-state index contributed by atoms with van der Waals surface area (Å²) < 4.78 is 5.10. The van der Waals surface area contributed by atoms with Gasteiger partial charge in [0.1, 0.15) is 17.1 Å². The second kappa shape index (κ2) is 11.4. The first-order valence-electron chi connectivity index (χ1n) is 12.0. The van der Waals surface area contributed by atoms with Crippen LogP contribution in [0.4, 0.5) is 22.7 Å². The molecule has 2 aromatic rings. The van der Waals surface area contributed by atoms with Crippen LogP contribution in [0, 0.1) is 20.2 Å². The molecule has 0 atom stereocenters. The molecule has 2 fully saturated rings. The molecule has 13 heteroatoms. The number of anilines is 2. The van der Waals surface area contributed by atoms with Crippen molar-refractivity contribution in [1.29, 1.82) is 0 Å². The number of hydrogen-bond donors (Lipinski definition) is 1. The first-order valence-corrected chi connectivity index (χ1v) is 12.4. The van der Waals surface area contributed by atoms with Crippen LogP contribution < -0.4 is 19.9 Å². The summed E-state index contributed by atoms with van der Waals surface area (Å²) in [6.07, 6.45) is 3.06. The molecule has 0 aromatic heterocycles. The lowest BCUT2D eigenvalue weighted by atomic mass is 10.1. The zero-order chi connectivity index (χ0) is 26.5. The maximum atomic E-state index is 12.9. The molecule has 1 N–H and O–H groups in total. The van der Waals surface area contributed by atoms with Gasteiger partial charge in [-0.1, -0.05) is 0 Å². The number of rotatable bonds is 6. The van der Waals surface area contributed by atoms with E-state index in [0.29, 0.717) is 43.3 Å². The quantitative estimate of drug-likeness (QED) is 0.338. The normalized spacial score (nSPS) is 15.8. The number of carbonyl (C=O) groups excluding carboxylic acids is 1. The lowest BCUT2D eigenvalue weighted by Crippen LogP contribution is -2.52. The largest absolute Gasteiger partial charge is 0.496 e. The fourth-order valence-electron chi connectivity index (χ4n) is 4.66. The molecule has 0 spiro atoms. The van der Waals surface area contributed by atoms with E-state index < -0.39 is 15.8 Å². The second-order valence-electron chi connectivity index (χ2n) is 8.85. The Morgan fingerprint density at radius 2 is 1.43 bits per heavy atom. The summed E-state index contributed by atoms with van der Waals surface area (Å²) in [5.41, 5.74) is 1.02. The number of thiocarbonyl (C=S) groups is 1. The zero-order valence-corrected chi connectivity index (χ0v) is 21.2. The van der Waals surface area contributed by atoms with Crippen molar-refractivity contribution in [3.63, 3.8) is 0 Å². The third-order valence-corrected chi connectivity index (χ3v) is 7.00. The second-order valence-corrected chi connectivity index (χ2v) is 9.24. The number of methoxy groups -OCH3 is 1. The molecular weight excluding hydrogens is 500 g/mol. The molecule has 0 radical (unpaired) electrons. The van der Waals surface area contributed by atoms with Crippen LogP contribution in [-0.2, 0) is 0 Å². The summed E-state index contributed by atoms with van der Waals surface area (Å²) in [7, 11) is 1.45. The van der Waals surface area contributed by atoms with Gasteiger partial charge in [0.05, 0.1) is 23.0 Å². The molecule has 37 heavy (non-hydrogen) atoms. The maximum Gasteiger partial charge on any atom is 0.296 e. The van der Waals surface area contributed by atoms with Crippen LogP contribution in [0.3, 0.4) is 0 Å². The van der Waals surface area contributed by atoms with Crippen LogP contribution in [0.1, 0.15) is 29.6 Å². The Hall–Kier alpha value is -4.00. The molecule has 2 aliphatic heterocycles. The minimum atomic E-state index is -0.522. The van der Waals surface area contributed by atoms with Crippen LogP contribution >= 0.6 is 12.2 Å². The lowest BCUT2D eigenvalue weighted by Gasteiger charge is -2.37. The van der Waals surface area contributed by atoms with Gasteiger partial charge in [0.25, 0.3) is 17.3 Å². The first kappa shape index (κ1) is 26.1. The highest BCUT2D eigenvalue weighted by Crippen LogP contribution is 2.33. The van der Waals surface area contributed by atoms with E-state index in [2.05, 4.69) is 5.32 Å². The number of piperazine rings is 1. The molecule has 4 rings (SSSR count). The van der Waals surface area contributed by atoms with E-state index >= 15 is 0 Å². The van der Waals surface area contributed by atoms with Gasteiger partial charge in [0.2, 0.25) is 0 Å². The number of amides is 1. The molecular formula is C24H28N6O6S. The predicted molar refractivity (Wildman–Crippen MR) is 143 cm³/mol. The van der Waals surface area contributed by atoms with Crippen molar-refractivity contribution in [2.45, 2.75) is 19.3 Å². The van der Waals surface area contributed by atoms with E-state index in [1.807, 2.05) is 9.80 Å². The van der Waals surface area contributed by atoms with Gasteiger partial charge in [-0.25, -0.2) is 0 Å². The standard InChI is InChI=1S/C24H28N6O6S/c1-36-18-6-8-20(22(16-18)30(34)35)27-11-13-28(14-12-27)24(37)25-23(31)17-5-7-19(21(15-17)29(32)33)26-9-3-2-4-10-26/h5-8,15-16H,2-4,9-14H2,1H3,(H,25,31,37). The Morgan fingerprint density at radius 1 is 0.865 bits per heavy atom. The molecule has 1 amide bonds. The lowest BCUT2D eigenvalue weighted by molar-refractivity contribution is -0.384. The third-order valence-electron chi connectivity index (χ3n) is 6.64. The number of nitro groups is 2. The van der Waals surface area contributed by atoms with Gasteiger partial charge >= 0.3 is 0 Å². The number of nitrogens with one attached hydrogen (secondary N) is 1. The van der Waals surface area contributed by atoms with Gasteiger partial charge in [-0.15, -0.1) is 0 Å². The van der Waals surface area contributed by atoms with Crippen molar-refractivity contribution < 1.29 is 19.4 Å². The average Bonchev–Trinajstić information content (AvgIpc) is 2.92. The highest BCUT2D eigenvalue weighted by atomic mass is 32.1. The summed E-state index contributed by atoms with van der Waals surface area (Å²) in [5, 5.41) is 26.1. The smallest absolute Gasteiger partial charge is 0.296 e. The molecule has 2 aliphatic rings. The molecule has 0 aliphatic carbocycles. The van der Waals surface area contributed by atoms with E-state index in [0.717, 1.165) is 32.4 Å². The average molecular weight is 529 g/mol. The van der Waals surface area contributed by atoms with Crippen molar-refractivity contribution in [1.82, 2.24) is 10.2 Å². The van der Waals surface area contributed by atoms with E-state index in [9.17, 15) is 25.0 Å². The Labute approximate surface area is 219 Å². The minimum absolute atomic E-state index is 0.0433. The van der Waals surface area contributed by atoms with Crippen LogP contribution in [0.25, 0.3) is 0 Å². The van der Waals surface area contributed by atoms with Gasteiger partial charge in [-0.2, -0.15) is 0 Å². The Bertz CT molecular complexity index is 1210. The van der Waals surface area contributed by atoms with E-state index in [1.54, 1.807) is 29.2 Å². The Balaban J connectivity index is 1.39. The highest BCUT2D eigenvalue weighted by molar-refractivity contribution is 7.80. The number of carbonyl (C=O) groups is 1. The van der Waals surface area contributed by atoms with Crippen LogP contribution in [0.5, 0.6) is 5.75 Å². The molecule has 196 valence electrons. The molecule has 12 nitrogen and oxygen atoms in total. The summed E-state index contributed by atoms with van der Waals surface area (Å²) in [5.74, 6) is -0.117. The number of nitro benzene ring substituents is 2.